The minimum atomic E-state index is -1.33. The SMILES string of the molecule is CO/N=C(\C(=O)NC1C(=O)N2C(C(=O)O)=C(S/C=C(/CO)C(=N)N)CS[C@H]12)c1nc(N)sc1Cl. The number of oxime groups is 1. The molecule has 1 aromatic heterocycles. The van der Waals surface area contributed by atoms with Crippen LogP contribution in [-0.4, -0.2) is 80.3 Å². The summed E-state index contributed by atoms with van der Waals surface area (Å²) < 4.78 is 0.107. The standard InChI is InChI=1S/C17H18ClN7O6S3/c1-31-24-8(7-11(18)34-17(21)23-7)13(27)22-9-14(28)25-10(16(29)30)6(4-33-15(9)25)32-3-5(2-26)12(19)20/h3,9,15,26H,2,4H2,1H3,(H3,19,20)(H2,21,23)(H,22,27)(H,29,30)/b5-3-,24-8-/t9?,15-/m1/s1. The Morgan fingerprint density at radius 3 is 2.76 bits per heavy atom. The highest BCUT2D eigenvalue weighted by molar-refractivity contribution is 8.08. The van der Waals surface area contributed by atoms with Gasteiger partial charge in [-0.3, -0.25) is 19.9 Å². The van der Waals surface area contributed by atoms with Gasteiger partial charge in [-0.2, -0.15) is 0 Å². The lowest BCUT2D eigenvalue weighted by Crippen LogP contribution is -2.71. The summed E-state index contributed by atoms with van der Waals surface area (Å²) in [7, 11) is 1.22. The van der Waals surface area contributed by atoms with Gasteiger partial charge in [0.2, 0.25) is 0 Å². The number of hydrogen-bond donors (Lipinski definition) is 6. The number of rotatable bonds is 9. The minimum absolute atomic E-state index is 0.00908. The molecular formula is C17H18ClN7O6S3. The number of carboxylic acids is 1. The molecule has 0 bridgehead atoms. The van der Waals surface area contributed by atoms with E-state index in [2.05, 4.69) is 15.5 Å². The molecular weight excluding hydrogens is 530 g/mol. The Kier molecular flexibility index (Phi) is 8.09. The molecule has 2 aliphatic rings. The number of aliphatic hydroxyl groups excluding tert-OH is 1. The number of nitrogens with zero attached hydrogens (tertiary/aromatic N) is 3. The Labute approximate surface area is 209 Å². The maximum absolute atomic E-state index is 12.8. The lowest BCUT2D eigenvalue weighted by Gasteiger charge is -2.49. The van der Waals surface area contributed by atoms with Gasteiger partial charge in [-0.25, -0.2) is 9.78 Å². The van der Waals surface area contributed by atoms with Crippen LogP contribution in [0.5, 0.6) is 0 Å². The van der Waals surface area contributed by atoms with Crippen LogP contribution in [0, 0.1) is 5.41 Å². The number of carboxylic acid groups (broad SMARTS) is 1. The largest absolute Gasteiger partial charge is 0.477 e. The molecule has 0 aromatic carbocycles. The number of aromatic nitrogens is 1. The number of aliphatic hydroxyl groups is 1. The van der Waals surface area contributed by atoms with Crippen LogP contribution in [0.25, 0.3) is 0 Å². The number of nitrogens with one attached hydrogen (secondary N) is 2. The van der Waals surface area contributed by atoms with Gasteiger partial charge in [0.25, 0.3) is 11.8 Å². The highest BCUT2D eigenvalue weighted by atomic mass is 35.5. The summed E-state index contributed by atoms with van der Waals surface area (Å²) in [6, 6.07) is -1.03. The summed E-state index contributed by atoms with van der Waals surface area (Å²) in [5.74, 6) is -2.93. The number of aliphatic carboxylic acids is 1. The number of halogens is 1. The molecule has 34 heavy (non-hydrogen) atoms. The molecule has 0 spiro atoms. The number of amidine groups is 1. The van der Waals surface area contributed by atoms with Crippen molar-refractivity contribution in [3.63, 3.8) is 0 Å². The van der Waals surface area contributed by atoms with Crippen LogP contribution in [0.15, 0.2) is 26.7 Å². The maximum Gasteiger partial charge on any atom is 0.353 e. The molecule has 1 saturated heterocycles. The Morgan fingerprint density at radius 1 is 1.53 bits per heavy atom. The molecule has 1 fully saturated rings. The van der Waals surface area contributed by atoms with E-state index in [-0.39, 0.29) is 43.7 Å². The number of nitrogen functional groups attached to an aromatic ring is 1. The van der Waals surface area contributed by atoms with Gasteiger partial charge in [0, 0.05) is 16.2 Å². The molecule has 2 atom stereocenters. The summed E-state index contributed by atoms with van der Waals surface area (Å²) in [6.07, 6.45) is 0. The molecule has 2 amide bonds. The number of thioether (sulfide) groups is 2. The fourth-order valence-corrected chi connectivity index (χ4v) is 6.35. The highest BCUT2D eigenvalue weighted by Gasteiger charge is 2.54. The van der Waals surface area contributed by atoms with Gasteiger partial charge in [0.05, 0.1) is 6.61 Å². The number of nitrogens with two attached hydrogens (primary N) is 2. The second-order valence-electron chi connectivity index (χ2n) is 6.57. The Balaban J connectivity index is 1.81. The van der Waals surface area contributed by atoms with Gasteiger partial charge in [-0.05, 0) is 5.41 Å². The molecule has 17 heteroatoms. The van der Waals surface area contributed by atoms with Crippen LogP contribution in [0.1, 0.15) is 5.69 Å². The number of thiazole rings is 1. The minimum Gasteiger partial charge on any atom is -0.477 e. The molecule has 0 aliphatic carbocycles. The summed E-state index contributed by atoms with van der Waals surface area (Å²) in [6.45, 7) is -0.495. The van der Waals surface area contributed by atoms with Gasteiger partial charge in [0.1, 0.15) is 40.1 Å². The highest BCUT2D eigenvalue weighted by Crippen LogP contribution is 2.44. The van der Waals surface area contributed by atoms with E-state index < -0.39 is 35.8 Å². The summed E-state index contributed by atoms with van der Waals surface area (Å²) in [5, 5.41) is 33.4. The van der Waals surface area contributed by atoms with E-state index >= 15 is 0 Å². The molecule has 1 aromatic rings. The monoisotopic (exact) mass is 547 g/mol. The average molecular weight is 548 g/mol. The first-order valence-corrected chi connectivity index (χ1v) is 12.3. The summed E-state index contributed by atoms with van der Waals surface area (Å²) >= 11 is 9.18. The molecule has 182 valence electrons. The number of fused-ring (bicyclic) bond motifs is 1. The summed E-state index contributed by atoms with van der Waals surface area (Å²) in [5.41, 5.74) is 10.6. The quantitative estimate of drug-likeness (QED) is 0.104. The molecule has 1 unspecified atom stereocenters. The third-order valence-electron chi connectivity index (χ3n) is 4.51. The van der Waals surface area contributed by atoms with E-state index in [1.165, 1.54) is 24.3 Å². The first kappa shape index (κ1) is 25.8. The van der Waals surface area contributed by atoms with Crippen molar-refractivity contribution in [3.05, 3.63) is 31.6 Å². The van der Waals surface area contributed by atoms with E-state index in [0.29, 0.717) is 4.91 Å². The van der Waals surface area contributed by atoms with E-state index in [1.807, 2.05) is 0 Å². The normalized spacial score (nSPS) is 20.6. The zero-order valence-corrected chi connectivity index (χ0v) is 20.5. The Hall–Kier alpha value is -2.79. The molecule has 3 rings (SSSR count). The number of β-lactam (4-membered cyclic amide) rings is 1. The average Bonchev–Trinajstić information content (AvgIpc) is 3.12. The maximum atomic E-state index is 12.8. The lowest BCUT2D eigenvalue weighted by atomic mass is 10.0. The van der Waals surface area contributed by atoms with Crippen LogP contribution in [0.2, 0.25) is 4.34 Å². The van der Waals surface area contributed by atoms with Crippen molar-refractivity contribution in [1.29, 1.82) is 5.41 Å². The molecule has 0 saturated carbocycles. The van der Waals surface area contributed by atoms with Crippen LogP contribution < -0.4 is 16.8 Å². The number of hydrogen-bond acceptors (Lipinski definition) is 12. The summed E-state index contributed by atoms with van der Waals surface area (Å²) in [4.78, 5) is 47.7. The topological polar surface area (TPSA) is 217 Å². The van der Waals surface area contributed by atoms with Crippen molar-refractivity contribution in [2.75, 3.05) is 25.2 Å². The fourth-order valence-electron chi connectivity index (χ4n) is 2.97. The van der Waals surface area contributed by atoms with Crippen molar-refractivity contribution in [3.8, 4) is 0 Å². The van der Waals surface area contributed by atoms with Crippen LogP contribution in [0.3, 0.4) is 0 Å². The Morgan fingerprint density at radius 2 is 2.24 bits per heavy atom. The van der Waals surface area contributed by atoms with E-state index in [4.69, 9.17) is 33.3 Å². The molecule has 3 heterocycles. The van der Waals surface area contributed by atoms with Crippen molar-refractivity contribution >= 4 is 80.9 Å². The second-order valence-corrected chi connectivity index (χ2v) is 10.3. The number of amides is 2. The zero-order valence-electron chi connectivity index (χ0n) is 17.3. The van der Waals surface area contributed by atoms with Crippen molar-refractivity contribution < 1.29 is 29.4 Å². The lowest BCUT2D eigenvalue weighted by molar-refractivity contribution is -0.150. The van der Waals surface area contributed by atoms with Gasteiger partial charge in [0.15, 0.2) is 10.8 Å². The van der Waals surface area contributed by atoms with Crippen LogP contribution in [0.4, 0.5) is 5.13 Å². The number of anilines is 1. The second kappa shape index (κ2) is 10.6. The van der Waals surface area contributed by atoms with Crippen molar-refractivity contribution in [1.82, 2.24) is 15.2 Å². The van der Waals surface area contributed by atoms with Gasteiger partial charge in [-0.1, -0.05) is 39.9 Å². The first-order chi connectivity index (χ1) is 16.1. The van der Waals surface area contributed by atoms with E-state index in [9.17, 15) is 24.6 Å². The first-order valence-electron chi connectivity index (χ1n) is 9.16. The number of carbonyl (C=O) groups excluding carboxylic acids is 2. The Bertz CT molecular complexity index is 1150. The molecule has 0 radical (unpaired) electrons. The molecule has 8 N–H and O–H groups in total. The van der Waals surface area contributed by atoms with Crippen LogP contribution >= 0.6 is 46.5 Å². The zero-order chi connectivity index (χ0) is 25.2. The predicted molar refractivity (Wildman–Crippen MR) is 129 cm³/mol. The van der Waals surface area contributed by atoms with E-state index in [0.717, 1.165) is 28.0 Å². The fraction of sp³-hybridized carbons (Fsp3) is 0.294. The van der Waals surface area contributed by atoms with Gasteiger partial charge < -0.3 is 31.8 Å². The smallest absolute Gasteiger partial charge is 0.353 e. The van der Waals surface area contributed by atoms with Crippen LogP contribution in [-0.2, 0) is 19.2 Å². The molecule has 2 aliphatic heterocycles. The van der Waals surface area contributed by atoms with Crippen molar-refractivity contribution in [2.45, 2.75) is 11.4 Å². The van der Waals surface area contributed by atoms with E-state index in [1.54, 1.807) is 0 Å². The van der Waals surface area contributed by atoms with Gasteiger partial charge in [-0.15, -0.1) is 11.8 Å². The number of carbonyl (C=O) groups is 3. The van der Waals surface area contributed by atoms with Gasteiger partial charge >= 0.3 is 5.97 Å². The third kappa shape index (κ3) is 5.00. The van der Waals surface area contributed by atoms with Crippen molar-refractivity contribution in [2.24, 2.45) is 10.9 Å². The predicted octanol–water partition coefficient (Wildman–Crippen LogP) is -0.0293. The molecule has 13 nitrogen and oxygen atoms in total. The third-order valence-corrected chi connectivity index (χ3v) is 8.08.